The highest BCUT2D eigenvalue weighted by Gasteiger charge is 2.25. The molecule has 1 atom stereocenters. The van der Waals surface area contributed by atoms with E-state index in [0.717, 1.165) is 6.07 Å². The lowest BCUT2D eigenvalue weighted by atomic mass is 9.99. The number of ketones is 1. The first kappa shape index (κ1) is 18.7. The Kier molecular flexibility index (Phi) is 4.96. The second-order valence-corrected chi connectivity index (χ2v) is 8.47. The molecule has 0 radical (unpaired) electrons. The minimum absolute atomic E-state index is 0.210. The quantitative estimate of drug-likeness (QED) is 0.593. The minimum atomic E-state index is -3.87. The number of fused-ring (bicyclic) bond motifs is 1. The first-order valence-corrected chi connectivity index (χ1v) is 10.1. The number of pyridine rings is 1. The van der Waals surface area contributed by atoms with Crippen molar-refractivity contribution >= 4 is 42.8 Å². The first-order valence-electron chi connectivity index (χ1n) is 7.70. The number of carbonyl (C=O) groups is 1. The lowest BCUT2D eigenvalue weighted by Crippen LogP contribution is -2.21. The summed E-state index contributed by atoms with van der Waals surface area (Å²) in [5.41, 5.74) is 0.793. The maximum Gasteiger partial charge on any atom is 0.216 e. The molecule has 26 heavy (non-hydrogen) atoms. The summed E-state index contributed by atoms with van der Waals surface area (Å²) in [7, 11) is -3.87. The van der Waals surface area contributed by atoms with Gasteiger partial charge in [0, 0.05) is 27.8 Å². The third kappa shape index (κ3) is 3.42. The van der Waals surface area contributed by atoms with Crippen LogP contribution < -0.4 is 5.14 Å². The van der Waals surface area contributed by atoms with Crippen molar-refractivity contribution in [3.05, 3.63) is 63.6 Å². The van der Waals surface area contributed by atoms with Gasteiger partial charge in [0.2, 0.25) is 10.0 Å². The summed E-state index contributed by atoms with van der Waals surface area (Å²) in [6.45, 7) is 1.66. The summed E-state index contributed by atoms with van der Waals surface area (Å²) < 4.78 is 38.5. The molecule has 136 valence electrons. The van der Waals surface area contributed by atoms with E-state index in [0.29, 0.717) is 15.5 Å². The lowest BCUT2D eigenvalue weighted by molar-refractivity contribution is 0.103. The number of sulfonamides is 1. The number of hydrogen-bond donors (Lipinski definition) is 2. The molecule has 2 heterocycles. The molecule has 0 saturated heterocycles. The number of nitrogens with two attached hydrogens (primary N) is 1. The van der Waals surface area contributed by atoms with Gasteiger partial charge in [0.15, 0.2) is 5.78 Å². The van der Waals surface area contributed by atoms with Crippen molar-refractivity contribution in [1.29, 1.82) is 0 Å². The van der Waals surface area contributed by atoms with Crippen LogP contribution in [0.5, 0.6) is 0 Å². The van der Waals surface area contributed by atoms with Gasteiger partial charge in [-0.2, -0.15) is 0 Å². The Morgan fingerprint density at radius 2 is 2.08 bits per heavy atom. The summed E-state index contributed by atoms with van der Waals surface area (Å²) in [6.07, 6.45) is 3.24. The van der Waals surface area contributed by atoms with Gasteiger partial charge in [0.1, 0.15) is 11.5 Å². The molecular weight excluding hydrogens is 425 g/mol. The molecule has 0 aliphatic heterocycles. The number of carbonyl (C=O) groups excluding carboxylic acids is 1. The monoisotopic (exact) mass is 439 g/mol. The molecule has 3 rings (SSSR count). The fourth-order valence-corrected chi connectivity index (χ4v) is 4.21. The maximum atomic E-state index is 14.3. The smallest absolute Gasteiger partial charge is 0.216 e. The Morgan fingerprint density at radius 3 is 2.73 bits per heavy atom. The molecule has 0 spiro atoms. The fourth-order valence-electron chi connectivity index (χ4n) is 2.89. The van der Waals surface area contributed by atoms with E-state index < -0.39 is 26.9 Å². The number of nitrogens with one attached hydrogen (secondary N) is 1. The molecule has 0 bridgehead atoms. The van der Waals surface area contributed by atoms with E-state index in [-0.39, 0.29) is 23.1 Å². The number of rotatable bonds is 5. The highest BCUT2D eigenvalue weighted by molar-refractivity contribution is 9.10. The van der Waals surface area contributed by atoms with E-state index in [1.807, 2.05) is 0 Å². The molecule has 1 aromatic carbocycles. The second kappa shape index (κ2) is 6.90. The van der Waals surface area contributed by atoms with Gasteiger partial charge in [-0.15, -0.1) is 0 Å². The van der Waals surface area contributed by atoms with Gasteiger partial charge in [-0.1, -0.05) is 13.0 Å². The number of hydrogen-bond acceptors (Lipinski definition) is 4. The van der Waals surface area contributed by atoms with Crippen molar-refractivity contribution in [3.63, 3.8) is 0 Å². The number of halogens is 2. The molecule has 0 amide bonds. The van der Waals surface area contributed by atoms with Crippen molar-refractivity contribution < 1.29 is 17.6 Å². The molecular formula is C17H15BrFN3O3S. The van der Waals surface area contributed by atoms with Crippen LogP contribution in [0.15, 0.2) is 41.1 Å². The zero-order chi connectivity index (χ0) is 19.1. The normalized spacial score (nSPS) is 13.1. The summed E-state index contributed by atoms with van der Waals surface area (Å²) >= 11 is 3.29. The van der Waals surface area contributed by atoms with Gasteiger partial charge < -0.3 is 4.98 Å². The van der Waals surface area contributed by atoms with Gasteiger partial charge in [-0.25, -0.2) is 22.9 Å². The van der Waals surface area contributed by atoms with Crippen molar-refractivity contribution in [3.8, 4) is 0 Å². The minimum Gasteiger partial charge on any atom is -0.345 e. The molecule has 6 nitrogen and oxygen atoms in total. The predicted octanol–water partition coefficient (Wildman–Crippen LogP) is 3.44. The number of nitrogens with zero attached hydrogens (tertiary/aromatic N) is 1. The van der Waals surface area contributed by atoms with E-state index >= 15 is 0 Å². The predicted molar refractivity (Wildman–Crippen MR) is 99.8 cm³/mol. The fraction of sp³-hybridized carbons (Fsp3) is 0.176. The first-order chi connectivity index (χ1) is 12.2. The summed E-state index contributed by atoms with van der Waals surface area (Å²) in [4.78, 5) is 19.9. The van der Waals surface area contributed by atoms with Gasteiger partial charge in [-0.3, -0.25) is 4.79 Å². The molecule has 9 heteroatoms. The summed E-state index contributed by atoms with van der Waals surface area (Å²) in [6, 6.07) is 5.37. The van der Waals surface area contributed by atoms with Crippen LogP contribution in [-0.4, -0.2) is 24.2 Å². The van der Waals surface area contributed by atoms with Gasteiger partial charge in [0.25, 0.3) is 0 Å². The van der Waals surface area contributed by atoms with Crippen LogP contribution in [0.2, 0.25) is 0 Å². The zero-order valence-corrected chi connectivity index (χ0v) is 16.1. The Morgan fingerprint density at radius 1 is 1.35 bits per heavy atom. The molecule has 2 aromatic heterocycles. The second-order valence-electron chi connectivity index (χ2n) is 5.81. The Bertz CT molecular complexity index is 1110. The van der Waals surface area contributed by atoms with Crippen LogP contribution in [0, 0.1) is 5.82 Å². The number of primary sulfonamides is 1. The largest absolute Gasteiger partial charge is 0.345 e. The maximum absolute atomic E-state index is 14.3. The molecule has 3 N–H and O–H groups in total. The van der Waals surface area contributed by atoms with Crippen molar-refractivity contribution in [2.75, 3.05) is 0 Å². The molecule has 0 fully saturated rings. The van der Waals surface area contributed by atoms with E-state index in [1.54, 1.807) is 19.2 Å². The SMILES string of the molecule is CCC(c1ccc(F)c(C(=O)c2c[nH]c3ncc(Br)cc23)c1)S(N)(=O)=O. The van der Waals surface area contributed by atoms with Crippen molar-refractivity contribution in [1.82, 2.24) is 9.97 Å². The van der Waals surface area contributed by atoms with E-state index in [1.165, 1.54) is 18.3 Å². The summed E-state index contributed by atoms with van der Waals surface area (Å²) in [5.74, 6) is -1.31. The van der Waals surface area contributed by atoms with Crippen LogP contribution in [0.3, 0.4) is 0 Å². The molecule has 0 saturated carbocycles. The molecule has 0 aliphatic rings. The van der Waals surface area contributed by atoms with E-state index in [4.69, 9.17) is 5.14 Å². The number of H-pyrrole nitrogens is 1. The number of aromatic nitrogens is 2. The average Bonchev–Trinajstić information content (AvgIpc) is 2.98. The van der Waals surface area contributed by atoms with Crippen LogP contribution in [0.1, 0.15) is 40.1 Å². The van der Waals surface area contributed by atoms with Crippen LogP contribution >= 0.6 is 15.9 Å². The average molecular weight is 440 g/mol. The van der Waals surface area contributed by atoms with Gasteiger partial charge in [0.05, 0.1) is 10.8 Å². The molecule has 0 aliphatic carbocycles. The highest BCUT2D eigenvalue weighted by atomic mass is 79.9. The topological polar surface area (TPSA) is 106 Å². The van der Waals surface area contributed by atoms with Crippen LogP contribution in [0.25, 0.3) is 11.0 Å². The highest BCUT2D eigenvalue weighted by Crippen LogP contribution is 2.28. The van der Waals surface area contributed by atoms with Crippen LogP contribution in [-0.2, 0) is 10.0 Å². The van der Waals surface area contributed by atoms with Crippen molar-refractivity contribution in [2.24, 2.45) is 5.14 Å². The molecule has 3 aromatic rings. The molecule has 1 unspecified atom stereocenters. The van der Waals surface area contributed by atoms with Gasteiger partial charge in [-0.05, 0) is 46.1 Å². The van der Waals surface area contributed by atoms with E-state index in [2.05, 4.69) is 25.9 Å². The number of benzene rings is 1. The third-order valence-corrected chi connectivity index (χ3v) is 5.95. The Balaban J connectivity index is 2.12. The third-order valence-electron chi connectivity index (χ3n) is 4.12. The standard InChI is InChI=1S/C17H15BrFN3O3S/c1-2-15(26(20,24)25)9-3-4-14(19)12(5-9)16(23)13-8-22-17-11(13)6-10(18)7-21-17/h3-8,15H,2H2,1H3,(H,21,22)(H2,20,24,25). The van der Waals surface area contributed by atoms with Gasteiger partial charge >= 0.3 is 0 Å². The Hall–Kier alpha value is -2.10. The summed E-state index contributed by atoms with van der Waals surface area (Å²) in [5, 5.41) is 4.78. The zero-order valence-electron chi connectivity index (χ0n) is 13.7. The van der Waals surface area contributed by atoms with Crippen molar-refractivity contribution in [2.45, 2.75) is 18.6 Å². The lowest BCUT2D eigenvalue weighted by Gasteiger charge is -2.14. The van der Waals surface area contributed by atoms with Crippen LogP contribution in [0.4, 0.5) is 4.39 Å². The Labute approximate surface area is 157 Å². The number of aromatic amines is 1. The van der Waals surface area contributed by atoms with E-state index in [9.17, 15) is 17.6 Å².